The molecule has 1 saturated heterocycles. The topological polar surface area (TPSA) is 55.3 Å². The second-order valence-electron chi connectivity index (χ2n) is 8.60. The van der Waals surface area contributed by atoms with Gasteiger partial charge in [-0.15, -0.1) is 24.0 Å². The normalized spacial score (nSPS) is 17.3. The Morgan fingerprint density at radius 2 is 1.94 bits per heavy atom. The van der Waals surface area contributed by atoms with Crippen LogP contribution in [0.3, 0.4) is 0 Å². The number of methoxy groups -OCH3 is 1. The Labute approximate surface area is 205 Å². The molecule has 0 bridgehead atoms. The fourth-order valence-corrected chi connectivity index (χ4v) is 3.45. The van der Waals surface area contributed by atoms with E-state index in [0.717, 1.165) is 25.6 Å². The summed E-state index contributed by atoms with van der Waals surface area (Å²) in [6.45, 7) is 8.67. The van der Waals surface area contributed by atoms with E-state index in [1.54, 1.807) is 41.0 Å². The lowest BCUT2D eigenvalue weighted by atomic mass is 10.1. The molecule has 1 atom stereocenters. The summed E-state index contributed by atoms with van der Waals surface area (Å²) >= 11 is 0. The van der Waals surface area contributed by atoms with Crippen molar-refractivity contribution >= 4 is 29.9 Å². The Morgan fingerprint density at radius 3 is 2.53 bits per heavy atom. The van der Waals surface area contributed by atoms with Gasteiger partial charge in [-0.1, -0.05) is 6.07 Å². The first-order valence-electron chi connectivity index (χ1n) is 10.4. The molecule has 0 radical (unpaired) electrons. The number of nitrogens with zero attached hydrogens (tertiary/aromatic N) is 2. The van der Waals surface area contributed by atoms with Crippen molar-refractivity contribution in [3.05, 3.63) is 29.3 Å². The third-order valence-electron chi connectivity index (χ3n) is 4.83. The molecule has 6 nitrogen and oxygen atoms in total. The van der Waals surface area contributed by atoms with Gasteiger partial charge in [0.15, 0.2) is 5.96 Å². The molecule has 1 aliphatic rings. The first-order valence-corrected chi connectivity index (χ1v) is 10.4. The summed E-state index contributed by atoms with van der Waals surface area (Å²) in [7, 11) is 3.27. The van der Waals surface area contributed by atoms with Crippen molar-refractivity contribution in [2.75, 3.05) is 47.1 Å². The average molecular weight is 573 g/mol. The Morgan fingerprint density at radius 1 is 1.22 bits per heavy atom. The average Bonchev–Trinajstić information content (AvgIpc) is 3.13. The molecule has 184 valence electrons. The molecular formula is C22H35F3IN3O3. The van der Waals surface area contributed by atoms with Crippen LogP contribution in [0.15, 0.2) is 23.2 Å². The van der Waals surface area contributed by atoms with Gasteiger partial charge in [0, 0.05) is 39.7 Å². The van der Waals surface area contributed by atoms with Gasteiger partial charge in [-0.2, -0.15) is 13.2 Å². The van der Waals surface area contributed by atoms with E-state index >= 15 is 0 Å². The SMILES string of the molecule is CN=C(NCc1ccc(OC(C)(C)C)cc1C(F)(F)F)N1CCC(COCCOC)C1.I. The van der Waals surface area contributed by atoms with Crippen LogP contribution in [-0.4, -0.2) is 63.5 Å². The van der Waals surface area contributed by atoms with Crippen LogP contribution < -0.4 is 10.1 Å². The Kier molecular flexibility index (Phi) is 11.5. The number of hydrogen-bond donors (Lipinski definition) is 1. The Hall–Kier alpha value is -1.27. The van der Waals surface area contributed by atoms with Crippen LogP contribution in [0, 0.1) is 5.92 Å². The lowest BCUT2D eigenvalue weighted by Gasteiger charge is -2.24. The van der Waals surface area contributed by atoms with E-state index in [9.17, 15) is 13.2 Å². The molecule has 0 spiro atoms. The predicted octanol–water partition coefficient (Wildman–Crippen LogP) is 4.56. The fourth-order valence-electron chi connectivity index (χ4n) is 3.45. The molecule has 10 heteroatoms. The number of benzene rings is 1. The van der Waals surface area contributed by atoms with Gasteiger partial charge in [0.05, 0.1) is 25.4 Å². The summed E-state index contributed by atoms with van der Waals surface area (Å²) in [6.07, 6.45) is -3.53. The van der Waals surface area contributed by atoms with Crippen LogP contribution in [0.25, 0.3) is 0 Å². The molecule has 1 aromatic rings. The number of ether oxygens (including phenoxy) is 3. The number of guanidine groups is 1. The highest BCUT2D eigenvalue weighted by Gasteiger charge is 2.34. The zero-order valence-electron chi connectivity index (χ0n) is 19.4. The molecule has 0 aromatic heterocycles. The largest absolute Gasteiger partial charge is 0.488 e. The highest BCUT2D eigenvalue weighted by Crippen LogP contribution is 2.35. The number of hydrogen-bond acceptors (Lipinski definition) is 4. The number of likely N-dealkylation sites (tertiary alicyclic amines) is 1. The summed E-state index contributed by atoms with van der Waals surface area (Å²) in [4.78, 5) is 6.30. The molecule has 1 aliphatic heterocycles. The molecule has 1 fully saturated rings. The van der Waals surface area contributed by atoms with E-state index < -0.39 is 17.3 Å². The molecule has 0 amide bonds. The van der Waals surface area contributed by atoms with Gasteiger partial charge < -0.3 is 24.4 Å². The van der Waals surface area contributed by atoms with Crippen LogP contribution in [0.5, 0.6) is 5.75 Å². The minimum atomic E-state index is -4.48. The quantitative estimate of drug-likeness (QED) is 0.214. The zero-order valence-corrected chi connectivity index (χ0v) is 21.8. The smallest absolute Gasteiger partial charge is 0.416 e. The van der Waals surface area contributed by atoms with Crippen molar-refractivity contribution < 1.29 is 27.4 Å². The van der Waals surface area contributed by atoms with Crippen LogP contribution in [0.1, 0.15) is 38.3 Å². The van der Waals surface area contributed by atoms with E-state index in [1.165, 1.54) is 6.07 Å². The lowest BCUT2D eigenvalue weighted by Crippen LogP contribution is -2.40. The van der Waals surface area contributed by atoms with E-state index in [-0.39, 0.29) is 41.8 Å². The number of alkyl halides is 3. The third-order valence-corrected chi connectivity index (χ3v) is 4.83. The van der Waals surface area contributed by atoms with E-state index in [1.807, 2.05) is 0 Å². The van der Waals surface area contributed by atoms with Gasteiger partial charge >= 0.3 is 6.18 Å². The first kappa shape index (κ1) is 28.8. The fraction of sp³-hybridized carbons (Fsp3) is 0.682. The summed E-state index contributed by atoms with van der Waals surface area (Å²) in [5, 5.41) is 3.08. The number of nitrogens with one attached hydrogen (secondary N) is 1. The maximum Gasteiger partial charge on any atom is 0.416 e. The Bertz CT molecular complexity index is 739. The summed E-state index contributed by atoms with van der Waals surface area (Å²) in [5.74, 6) is 1.14. The van der Waals surface area contributed by atoms with E-state index in [4.69, 9.17) is 14.2 Å². The maximum absolute atomic E-state index is 13.6. The second kappa shape index (κ2) is 12.8. The third kappa shape index (κ3) is 9.30. The van der Waals surface area contributed by atoms with Crippen molar-refractivity contribution in [3.63, 3.8) is 0 Å². The number of rotatable bonds is 8. The molecular weight excluding hydrogens is 538 g/mol. The van der Waals surface area contributed by atoms with Crippen LogP contribution in [0.2, 0.25) is 0 Å². The molecule has 1 N–H and O–H groups in total. The van der Waals surface area contributed by atoms with Gasteiger partial charge in [-0.25, -0.2) is 0 Å². The second-order valence-corrected chi connectivity index (χ2v) is 8.60. The minimum Gasteiger partial charge on any atom is -0.488 e. The monoisotopic (exact) mass is 573 g/mol. The highest BCUT2D eigenvalue weighted by molar-refractivity contribution is 14.0. The van der Waals surface area contributed by atoms with Crippen molar-refractivity contribution in [2.45, 2.75) is 45.5 Å². The molecule has 0 aliphatic carbocycles. The number of aliphatic imine (C=N–C) groups is 1. The molecule has 0 saturated carbocycles. The van der Waals surface area contributed by atoms with Gasteiger partial charge in [0.25, 0.3) is 0 Å². The van der Waals surface area contributed by atoms with E-state index in [0.29, 0.717) is 31.7 Å². The summed E-state index contributed by atoms with van der Waals surface area (Å²) in [6, 6.07) is 4.10. The van der Waals surface area contributed by atoms with Crippen LogP contribution >= 0.6 is 24.0 Å². The summed E-state index contributed by atoms with van der Waals surface area (Å²) in [5.41, 5.74) is -1.14. The highest BCUT2D eigenvalue weighted by atomic mass is 127. The number of halogens is 4. The molecule has 32 heavy (non-hydrogen) atoms. The first-order chi connectivity index (χ1) is 14.5. The van der Waals surface area contributed by atoms with Gasteiger partial charge in [-0.3, -0.25) is 4.99 Å². The van der Waals surface area contributed by atoms with Crippen molar-refractivity contribution in [3.8, 4) is 5.75 Å². The standard InChI is InChI=1S/C22H34F3N3O3.HI/c1-21(2,3)31-18-7-6-17(19(12-18)22(23,24)25)13-27-20(26-4)28-9-8-16(14-28)15-30-11-10-29-5;/h6-7,12,16H,8-11,13-15H2,1-5H3,(H,26,27);1H. The molecule has 1 unspecified atom stereocenters. The molecule has 2 rings (SSSR count). The Balaban J connectivity index is 0.00000512. The van der Waals surface area contributed by atoms with E-state index in [2.05, 4.69) is 15.2 Å². The van der Waals surface area contributed by atoms with Gasteiger partial charge in [-0.05, 0) is 44.9 Å². The minimum absolute atomic E-state index is 0. The maximum atomic E-state index is 13.6. The van der Waals surface area contributed by atoms with Crippen LogP contribution in [0.4, 0.5) is 13.2 Å². The van der Waals surface area contributed by atoms with Crippen LogP contribution in [-0.2, 0) is 22.2 Å². The summed E-state index contributed by atoms with van der Waals surface area (Å²) < 4.78 is 57.1. The lowest BCUT2D eigenvalue weighted by molar-refractivity contribution is -0.138. The predicted molar refractivity (Wildman–Crippen MR) is 130 cm³/mol. The van der Waals surface area contributed by atoms with Crippen molar-refractivity contribution in [1.29, 1.82) is 0 Å². The molecule has 1 heterocycles. The van der Waals surface area contributed by atoms with Crippen molar-refractivity contribution in [2.24, 2.45) is 10.9 Å². The van der Waals surface area contributed by atoms with Gasteiger partial charge in [0.1, 0.15) is 11.4 Å². The zero-order chi connectivity index (χ0) is 23.1. The van der Waals surface area contributed by atoms with Gasteiger partial charge in [0.2, 0.25) is 0 Å². The molecule has 1 aromatic carbocycles. The van der Waals surface area contributed by atoms with Crippen molar-refractivity contribution in [1.82, 2.24) is 10.2 Å².